The quantitative estimate of drug-likeness (QED) is 0.684. The van der Waals surface area contributed by atoms with Gasteiger partial charge in [-0.25, -0.2) is 4.98 Å². The molecule has 1 aliphatic rings. The number of rotatable bonds is 0. The van der Waals surface area contributed by atoms with Crippen LogP contribution in [0.5, 0.6) is 0 Å². The highest BCUT2D eigenvalue weighted by Gasteiger charge is 2.01. The van der Waals surface area contributed by atoms with E-state index >= 15 is 0 Å². The maximum Gasteiger partial charge on any atom is 0.260 e. The highest BCUT2D eigenvalue weighted by molar-refractivity contribution is 5.79. The van der Waals surface area contributed by atoms with Gasteiger partial charge in [-0.2, -0.15) is 0 Å². The molecule has 98 valence electrons. The Balaban J connectivity index is 2.00. The Morgan fingerprint density at radius 3 is 2.95 bits per heavy atom. The van der Waals surface area contributed by atoms with Crippen LogP contribution in [0.1, 0.15) is 18.4 Å². The molecule has 0 atom stereocenters. The van der Waals surface area contributed by atoms with E-state index in [1.165, 1.54) is 10.9 Å². The summed E-state index contributed by atoms with van der Waals surface area (Å²) >= 11 is 0. The Morgan fingerprint density at radius 2 is 2.15 bits per heavy atom. The molecule has 1 heterocycles. The summed E-state index contributed by atoms with van der Waals surface area (Å²) in [6, 6.07) is 5.52. The van der Waals surface area contributed by atoms with Crippen LogP contribution in [-0.4, -0.2) is 9.55 Å². The molecule has 2 aromatic rings. The summed E-state index contributed by atoms with van der Waals surface area (Å²) in [4.78, 5) is 16.2. The van der Waals surface area contributed by atoms with E-state index in [4.69, 9.17) is 0 Å². The van der Waals surface area contributed by atoms with Gasteiger partial charge < -0.3 is 4.57 Å². The van der Waals surface area contributed by atoms with Gasteiger partial charge in [0.25, 0.3) is 5.56 Å². The van der Waals surface area contributed by atoms with Gasteiger partial charge in [-0.05, 0) is 31.0 Å². The van der Waals surface area contributed by atoms with Crippen LogP contribution in [0.4, 0.5) is 0 Å². The normalized spacial score (nSPS) is 13.8. The lowest BCUT2D eigenvalue weighted by Crippen LogP contribution is -2.16. The molecule has 0 N–H and O–H groups in total. The van der Waals surface area contributed by atoms with Crippen molar-refractivity contribution in [2.75, 3.05) is 0 Å². The Hall–Kier alpha value is -2.60. The molecule has 1 aromatic heterocycles. The van der Waals surface area contributed by atoms with E-state index in [-0.39, 0.29) is 5.56 Å². The molecule has 0 aliphatic heterocycles. The van der Waals surface area contributed by atoms with Gasteiger partial charge in [-0.1, -0.05) is 30.1 Å². The van der Waals surface area contributed by atoms with Gasteiger partial charge >= 0.3 is 0 Å². The van der Waals surface area contributed by atoms with E-state index in [2.05, 4.69) is 29.0 Å². The number of benzene rings is 1. The van der Waals surface area contributed by atoms with E-state index in [0.717, 1.165) is 24.0 Å². The molecule has 0 unspecified atom stereocenters. The summed E-state index contributed by atoms with van der Waals surface area (Å²) in [7, 11) is 1.70. The van der Waals surface area contributed by atoms with Crippen LogP contribution in [0, 0.1) is 11.8 Å². The Morgan fingerprint density at radius 1 is 1.25 bits per heavy atom. The number of nitrogens with zero attached hydrogens (tertiary/aromatic N) is 2. The smallest absolute Gasteiger partial charge is 0.260 e. The van der Waals surface area contributed by atoms with E-state index in [9.17, 15) is 4.79 Å². The molecule has 0 spiro atoms. The first kappa shape index (κ1) is 12.4. The van der Waals surface area contributed by atoms with Gasteiger partial charge in [0.2, 0.25) is 0 Å². The van der Waals surface area contributed by atoms with Gasteiger partial charge in [0, 0.05) is 18.2 Å². The third-order valence-corrected chi connectivity index (χ3v) is 3.26. The van der Waals surface area contributed by atoms with Crippen LogP contribution in [0.2, 0.25) is 0 Å². The van der Waals surface area contributed by atoms with Crippen molar-refractivity contribution < 1.29 is 0 Å². The SMILES string of the molecule is Cn1cnc2cc(C#CC3=CCCC=C3)ccc2c1=O. The minimum Gasteiger partial charge on any atom is -0.302 e. The van der Waals surface area contributed by atoms with E-state index in [0.29, 0.717) is 10.9 Å². The third kappa shape index (κ3) is 2.41. The van der Waals surface area contributed by atoms with Gasteiger partial charge in [-0.3, -0.25) is 4.79 Å². The van der Waals surface area contributed by atoms with Crippen molar-refractivity contribution in [3.05, 3.63) is 64.2 Å². The van der Waals surface area contributed by atoms with Crippen molar-refractivity contribution in [2.24, 2.45) is 7.05 Å². The van der Waals surface area contributed by atoms with Crippen LogP contribution in [0.25, 0.3) is 10.9 Å². The van der Waals surface area contributed by atoms with Crippen molar-refractivity contribution >= 4 is 10.9 Å². The van der Waals surface area contributed by atoms with Crippen molar-refractivity contribution in [1.29, 1.82) is 0 Å². The molecular weight excluding hydrogens is 248 g/mol. The molecule has 1 aromatic carbocycles. The van der Waals surface area contributed by atoms with Gasteiger partial charge in [-0.15, -0.1) is 0 Å². The Kier molecular flexibility index (Phi) is 3.22. The maximum absolute atomic E-state index is 11.9. The molecule has 0 amide bonds. The molecule has 3 nitrogen and oxygen atoms in total. The van der Waals surface area contributed by atoms with Crippen molar-refractivity contribution in [3.63, 3.8) is 0 Å². The predicted molar refractivity (Wildman–Crippen MR) is 80.3 cm³/mol. The summed E-state index contributed by atoms with van der Waals surface area (Å²) in [6.45, 7) is 0. The number of fused-ring (bicyclic) bond motifs is 1. The van der Waals surface area contributed by atoms with Crippen molar-refractivity contribution in [2.45, 2.75) is 12.8 Å². The second kappa shape index (κ2) is 5.18. The lowest BCUT2D eigenvalue weighted by Gasteiger charge is -2.01. The van der Waals surface area contributed by atoms with Gasteiger partial charge in [0.1, 0.15) is 0 Å². The van der Waals surface area contributed by atoms with Crippen LogP contribution in [0.3, 0.4) is 0 Å². The second-order valence-electron chi connectivity index (χ2n) is 4.78. The highest BCUT2D eigenvalue weighted by Crippen LogP contribution is 2.11. The second-order valence-corrected chi connectivity index (χ2v) is 4.78. The number of hydrogen-bond acceptors (Lipinski definition) is 2. The maximum atomic E-state index is 11.9. The molecule has 0 bridgehead atoms. The highest BCUT2D eigenvalue weighted by atomic mass is 16.1. The van der Waals surface area contributed by atoms with Crippen LogP contribution >= 0.6 is 0 Å². The summed E-state index contributed by atoms with van der Waals surface area (Å²) in [5, 5.41) is 0.623. The molecule has 3 rings (SSSR count). The number of aromatic nitrogens is 2. The van der Waals surface area contributed by atoms with E-state index in [1.807, 2.05) is 18.2 Å². The fraction of sp³-hybridized carbons (Fsp3) is 0.176. The minimum atomic E-state index is -0.0348. The van der Waals surface area contributed by atoms with E-state index in [1.54, 1.807) is 13.1 Å². The molecule has 0 fully saturated rings. The monoisotopic (exact) mass is 262 g/mol. The fourth-order valence-corrected chi connectivity index (χ4v) is 2.14. The summed E-state index contributed by atoms with van der Waals surface area (Å²) in [5.74, 6) is 6.26. The average molecular weight is 262 g/mol. The Labute approximate surface area is 117 Å². The third-order valence-electron chi connectivity index (χ3n) is 3.26. The van der Waals surface area contributed by atoms with E-state index < -0.39 is 0 Å². The molecule has 1 aliphatic carbocycles. The molecule has 0 radical (unpaired) electrons. The fourth-order valence-electron chi connectivity index (χ4n) is 2.14. The molecule has 20 heavy (non-hydrogen) atoms. The number of allylic oxidation sites excluding steroid dienone is 4. The lowest BCUT2D eigenvalue weighted by atomic mass is 10.1. The first-order valence-electron chi connectivity index (χ1n) is 6.58. The number of hydrogen-bond donors (Lipinski definition) is 0. The summed E-state index contributed by atoms with van der Waals surface area (Å²) < 4.78 is 1.48. The van der Waals surface area contributed by atoms with Crippen molar-refractivity contribution in [3.8, 4) is 11.8 Å². The number of aryl methyl sites for hydroxylation is 1. The topological polar surface area (TPSA) is 34.9 Å². The predicted octanol–water partition coefficient (Wildman–Crippen LogP) is 2.56. The summed E-state index contributed by atoms with van der Waals surface area (Å²) in [6.07, 6.45) is 10.0. The summed E-state index contributed by atoms with van der Waals surface area (Å²) in [5.41, 5.74) is 2.58. The zero-order valence-corrected chi connectivity index (χ0v) is 11.3. The average Bonchev–Trinajstić information content (AvgIpc) is 2.50. The zero-order chi connectivity index (χ0) is 13.9. The lowest BCUT2D eigenvalue weighted by molar-refractivity contribution is 0.843. The van der Waals surface area contributed by atoms with Gasteiger partial charge in [0.05, 0.1) is 17.2 Å². The van der Waals surface area contributed by atoms with Crippen LogP contribution in [-0.2, 0) is 7.05 Å². The molecular formula is C17H14N2O. The first-order chi connectivity index (χ1) is 9.74. The van der Waals surface area contributed by atoms with Crippen LogP contribution in [0.15, 0.2) is 53.1 Å². The molecule has 0 saturated heterocycles. The standard InChI is InChI=1S/C17H14N2O/c1-19-12-18-16-11-14(9-10-15(16)17(19)20)8-7-13-5-3-2-4-6-13/h3,5-6,9-12H,2,4H2,1H3. The van der Waals surface area contributed by atoms with Crippen molar-refractivity contribution in [1.82, 2.24) is 9.55 Å². The Bertz CT molecular complexity index is 845. The molecule has 3 heteroatoms. The minimum absolute atomic E-state index is 0.0348. The largest absolute Gasteiger partial charge is 0.302 e. The first-order valence-corrected chi connectivity index (χ1v) is 6.58. The van der Waals surface area contributed by atoms with Gasteiger partial charge in [0.15, 0.2) is 0 Å². The zero-order valence-electron chi connectivity index (χ0n) is 11.3. The molecule has 0 saturated carbocycles. The van der Waals surface area contributed by atoms with Crippen LogP contribution < -0.4 is 5.56 Å².